The van der Waals surface area contributed by atoms with Gasteiger partial charge in [-0.2, -0.15) is 0 Å². The summed E-state index contributed by atoms with van der Waals surface area (Å²) in [6, 6.07) is 4.14. The van der Waals surface area contributed by atoms with Crippen LogP contribution >= 0.6 is 0 Å². The number of nitrogens with zero attached hydrogens (tertiary/aromatic N) is 1. The number of anilines is 1. The van der Waals surface area contributed by atoms with Gasteiger partial charge in [0.2, 0.25) is 0 Å². The Kier molecular flexibility index (Phi) is 2.94. The Morgan fingerprint density at radius 3 is 2.87 bits per heavy atom. The molecule has 0 amide bonds. The van der Waals surface area contributed by atoms with Crippen molar-refractivity contribution in [2.45, 2.75) is 39.5 Å². The second-order valence-corrected chi connectivity index (χ2v) is 4.82. The van der Waals surface area contributed by atoms with Gasteiger partial charge in [0.05, 0.1) is 0 Å². The van der Waals surface area contributed by atoms with Crippen LogP contribution in [0.3, 0.4) is 0 Å². The number of aromatic nitrogens is 1. The molecule has 0 spiro atoms. The molecule has 0 saturated heterocycles. The van der Waals surface area contributed by atoms with Gasteiger partial charge in [-0.3, -0.25) is 0 Å². The van der Waals surface area contributed by atoms with Crippen molar-refractivity contribution in [3.8, 4) is 0 Å². The fraction of sp³-hybridized carbons (Fsp3) is 0.615. The maximum Gasteiger partial charge on any atom is 0.126 e. The van der Waals surface area contributed by atoms with Gasteiger partial charge in [-0.25, -0.2) is 4.98 Å². The maximum atomic E-state index is 4.32. The van der Waals surface area contributed by atoms with Crippen molar-refractivity contribution >= 4 is 5.82 Å². The number of nitrogens with one attached hydrogen (secondary N) is 1. The summed E-state index contributed by atoms with van der Waals surface area (Å²) in [5.74, 6) is 1.03. The second kappa shape index (κ2) is 4.21. The van der Waals surface area contributed by atoms with Crippen molar-refractivity contribution in [2.24, 2.45) is 5.41 Å². The summed E-state index contributed by atoms with van der Waals surface area (Å²) in [5, 5.41) is 3.46. The van der Waals surface area contributed by atoms with E-state index in [2.05, 4.69) is 30.2 Å². The van der Waals surface area contributed by atoms with E-state index < -0.39 is 0 Å². The molecule has 1 N–H and O–H groups in total. The molecule has 1 aliphatic rings. The second-order valence-electron chi connectivity index (χ2n) is 4.82. The molecule has 1 aromatic heterocycles. The largest absolute Gasteiger partial charge is 0.370 e. The minimum absolute atomic E-state index is 0.597. The van der Waals surface area contributed by atoms with Crippen LogP contribution in [0.15, 0.2) is 18.3 Å². The molecule has 1 saturated carbocycles. The zero-order valence-electron chi connectivity index (χ0n) is 9.71. The summed E-state index contributed by atoms with van der Waals surface area (Å²) in [4.78, 5) is 4.32. The van der Waals surface area contributed by atoms with E-state index >= 15 is 0 Å². The number of rotatable bonds is 5. The van der Waals surface area contributed by atoms with Crippen LogP contribution in [0.25, 0.3) is 0 Å². The van der Waals surface area contributed by atoms with Crippen LogP contribution < -0.4 is 5.32 Å². The predicted octanol–water partition coefficient (Wildman–Crippen LogP) is 3.38. The molecule has 0 aromatic carbocycles. The molecule has 0 atom stereocenters. The quantitative estimate of drug-likeness (QED) is 0.795. The molecule has 0 aliphatic heterocycles. The number of pyridine rings is 1. The fourth-order valence-electron chi connectivity index (χ4n) is 2.13. The highest BCUT2D eigenvalue weighted by Gasteiger charge is 2.41. The Bertz CT molecular complexity index is 329. The summed E-state index contributed by atoms with van der Waals surface area (Å²) in [6.45, 7) is 5.47. The van der Waals surface area contributed by atoms with Gasteiger partial charge in [0, 0.05) is 12.7 Å². The Morgan fingerprint density at radius 1 is 1.47 bits per heavy atom. The standard InChI is InChI=1S/C13H20N2/c1-3-5-13(6-7-13)10-15-12-9-11(2)4-8-14-12/h4,8-9H,3,5-7,10H2,1-2H3,(H,14,15). The average molecular weight is 204 g/mol. The van der Waals surface area contributed by atoms with E-state index in [0.29, 0.717) is 5.41 Å². The molecule has 0 bridgehead atoms. The summed E-state index contributed by atoms with van der Waals surface area (Å²) in [7, 11) is 0. The van der Waals surface area contributed by atoms with E-state index in [0.717, 1.165) is 12.4 Å². The van der Waals surface area contributed by atoms with Crippen LogP contribution in [0.4, 0.5) is 5.82 Å². The first-order chi connectivity index (χ1) is 7.24. The summed E-state index contributed by atoms with van der Waals surface area (Å²) in [6.07, 6.45) is 7.30. The van der Waals surface area contributed by atoms with E-state index in [4.69, 9.17) is 0 Å². The molecule has 2 rings (SSSR count). The average Bonchev–Trinajstić information content (AvgIpc) is 2.97. The summed E-state index contributed by atoms with van der Waals surface area (Å²) >= 11 is 0. The van der Waals surface area contributed by atoms with Crippen molar-refractivity contribution in [2.75, 3.05) is 11.9 Å². The van der Waals surface area contributed by atoms with E-state index in [1.54, 1.807) is 0 Å². The molecule has 1 fully saturated rings. The Labute approximate surface area is 92.1 Å². The van der Waals surface area contributed by atoms with Gasteiger partial charge in [0.25, 0.3) is 0 Å². The minimum Gasteiger partial charge on any atom is -0.370 e. The Balaban J connectivity index is 1.88. The zero-order chi connectivity index (χ0) is 10.7. The summed E-state index contributed by atoms with van der Waals surface area (Å²) < 4.78 is 0. The smallest absolute Gasteiger partial charge is 0.126 e. The van der Waals surface area contributed by atoms with Crippen molar-refractivity contribution in [3.05, 3.63) is 23.9 Å². The van der Waals surface area contributed by atoms with Crippen LogP contribution in [0, 0.1) is 12.3 Å². The highest BCUT2D eigenvalue weighted by Crippen LogP contribution is 2.49. The fourth-order valence-corrected chi connectivity index (χ4v) is 2.13. The van der Waals surface area contributed by atoms with Gasteiger partial charge in [-0.05, 0) is 49.3 Å². The van der Waals surface area contributed by atoms with E-state index in [1.807, 2.05) is 12.3 Å². The zero-order valence-corrected chi connectivity index (χ0v) is 9.71. The molecule has 15 heavy (non-hydrogen) atoms. The van der Waals surface area contributed by atoms with Gasteiger partial charge < -0.3 is 5.32 Å². The lowest BCUT2D eigenvalue weighted by Crippen LogP contribution is -2.15. The molecule has 0 radical (unpaired) electrons. The third-order valence-corrected chi connectivity index (χ3v) is 3.30. The monoisotopic (exact) mass is 204 g/mol. The number of hydrogen-bond acceptors (Lipinski definition) is 2. The first-order valence-electron chi connectivity index (χ1n) is 5.91. The third-order valence-electron chi connectivity index (χ3n) is 3.30. The topological polar surface area (TPSA) is 24.9 Å². The van der Waals surface area contributed by atoms with E-state index in [-0.39, 0.29) is 0 Å². The number of hydrogen-bond donors (Lipinski definition) is 1. The molecule has 2 nitrogen and oxygen atoms in total. The molecule has 0 unspecified atom stereocenters. The molecule has 1 heterocycles. The lowest BCUT2D eigenvalue weighted by atomic mass is 10.0. The van der Waals surface area contributed by atoms with Crippen LogP contribution in [-0.2, 0) is 0 Å². The maximum absolute atomic E-state index is 4.32. The lowest BCUT2D eigenvalue weighted by Gasteiger charge is -2.15. The molecular weight excluding hydrogens is 184 g/mol. The molecular formula is C13H20N2. The van der Waals surface area contributed by atoms with Crippen molar-refractivity contribution in [1.82, 2.24) is 4.98 Å². The molecule has 2 heteroatoms. The van der Waals surface area contributed by atoms with E-state index in [1.165, 1.54) is 31.2 Å². The lowest BCUT2D eigenvalue weighted by molar-refractivity contribution is 0.485. The van der Waals surface area contributed by atoms with Crippen molar-refractivity contribution < 1.29 is 0 Å². The van der Waals surface area contributed by atoms with Gasteiger partial charge in [-0.15, -0.1) is 0 Å². The SMILES string of the molecule is CCCC1(CNc2cc(C)ccn2)CC1. The minimum atomic E-state index is 0.597. The van der Waals surface area contributed by atoms with Crippen LogP contribution in [0.2, 0.25) is 0 Å². The van der Waals surface area contributed by atoms with Gasteiger partial charge in [0.1, 0.15) is 5.82 Å². The highest BCUT2D eigenvalue weighted by molar-refractivity contribution is 5.37. The predicted molar refractivity (Wildman–Crippen MR) is 64.0 cm³/mol. The van der Waals surface area contributed by atoms with Crippen LogP contribution in [0.5, 0.6) is 0 Å². The number of aryl methyl sites for hydroxylation is 1. The third kappa shape index (κ3) is 2.71. The normalized spacial score (nSPS) is 17.5. The summed E-state index contributed by atoms with van der Waals surface area (Å²) in [5.41, 5.74) is 1.87. The molecule has 82 valence electrons. The molecule has 1 aromatic rings. The van der Waals surface area contributed by atoms with Crippen LogP contribution in [-0.4, -0.2) is 11.5 Å². The Hall–Kier alpha value is -1.05. The van der Waals surface area contributed by atoms with Crippen molar-refractivity contribution in [1.29, 1.82) is 0 Å². The first kappa shape index (κ1) is 10.5. The first-order valence-corrected chi connectivity index (χ1v) is 5.91. The molecule has 1 aliphatic carbocycles. The van der Waals surface area contributed by atoms with Gasteiger partial charge in [-0.1, -0.05) is 13.3 Å². The van der Waals surface area contributed by atoms with Gasteiger partial charge >= 0.3 is 0 Å². The highest BCUT2D eigenvalue weighted by atomic mass is 15.0. The Morgan fingerprint density at radius 2 is 2.27 bits per heavy atom. The van der Waals surface area contributed by atoms with E-state index in [9.17, 15) is 0 Å². The van der Waals surface area contributed by atoms with Crippen LogP contribution in [0.1, 0.15) is 38.2 Å². The van der Waals surface area contributed by atoms with Gasteiger partial charge in [0.15, 0.2) is 0 Å². The van der Waals surface area contributed by atoms with Crippen molar-refractivity contribution in [3.63, 3.8) is 0 Å².